The number of sulfonamides is 1. The number of carbonyl (C=O) groups excluding carboxylic acids is 1. The summed E-state index contributed by atoms with van der Waals surface area (Å²) in [6.45, 7) is 2.48. The van der Waals surface area contributed by atoms with Crippen molar-refractivity contribution in [2.75, 3.05) is 24.2 Å². The van der Waals surface area contributed by atoms with Gasteiger partial charge < -0.3 is 10.1 Å². The lowest BCUT2D eigenvalue weighted by Gasteiger charge is -2.20. The SMILES string of the molecule is CCC(Oc1ccc(N(C)S(C)(=O)=O)cc1)C(=O)NCC1=CCCCC1. The molecule has 0 fully saturated rings. The van der Waals surface area contributed by atoms with E-state index in [1.54, 1.807) is 24.3 Å². The Hall–Kier alpha value is -2.02. The van der Waals surface area contributed by atoms with E-state index < -0.39 is 16.1 Å². The highest BCUT2D eigenvalue weighted by atomic mass is 32.2. The second kappa shape index (κ2) is 9.07. The lowest BCUT2D eigenvalue weighted by atomic mass is 10.00. The molecule has 2 rings (SSSR count). The Labute approximate surface area is 156 Å². The molecule has 0 radical (unpaired) electrons. The summed E-state index contributed by atoms with van der Waals surface area (Å²) >= 11 is 0. The number of benzene rings is 1. The zero-order valence-electron chi connectivity index (χ0n) is 15.7. The predicted molar refractivity (Wildman–Crippen MR) is 104 cm³/mol. The number of allylic oxidation sites excluding steroid dienone is 1. The monoisotopic (exact) mass is 380 g/mol. The van der Waals surface area contributed by atoms with Crippen molar-refractivity contribution in [2.24, 2.45) is 0 Å². The van der Waals surface area contributed by atoms with Crippen LogP contribution in [-0.2, 0) is 14.8 Å². The number of carbonyl (C=O) groups is 1. The van der Waals surface area contributed by atoms with Gasteiger partial charge in [-0.15, -0.1) is 0 Å². The van der Waals surface area contributed by atoms with Gasteiger partial charge in [0.05, 0.1) is 11.9 Å². The molecule has 0 aromatic heterocycles. The van der Waals surface area contributed by atoms with E-state index in [0.29, 0.717) is 24.4 Å². The predicted octanol–water partition coefficient (Wildman–Crippen LogP) is 2.86. The van der Waals surface area contributed by atoms with Crippen molar-refractivity contribution in [3.8, 4) is 5.75 Å². The fourth-order valence-electron chi connectivity index (χ4n) is 2.79. The normalized spacial score (nSPS) is 15.7. The summed E-state index contributed by atoms with van der Waals surface area (Å²) in [6, 6.07) is 6.68. The van der Waals surface area contributed by atoms with Crippen molar-refractivity contribution >= 4 is 21.6 Å². The number of nitrogens with one attached hydrogen (secondary N) is 1. The molecule has 0 bridgehead atoms. The molecular formula is C19H28N2O4S. The maximum atomic E-state index is 12.4. The van der Waals surface area contributed by atoms with E-state index in [-0.39, 0.29) is 5.91 Å². The Morgan fingerprint density at radius 3 is 2.50 bits per heavy atom. The molecule has 0 saturated heterocycles. The van der Waals surface area contributed by atoms with Crippen LogP contribution in [0.15, 0.2) is 35.9 Å². The smallest absolute Gasteiger partial charge is 0.261 e. The van der Waals surface area contributed by atoms with Crippen molar-refractivity contribution in [3.63, 3.8) is 0 Å². The summed E-state index contributed by atoms with van der Waals surface area (Å²) in [4.78, 5) is 12.4. The maximum Gasteiger partial charge on any atom is 0.261 e. The van der Waals surface area contributed by atoms with Crippen molar-refractivity contribution in [1.82, 2.24) is 5.32 Å². The fourth-order valence-corrected chi connectivity index (χ4v) is 3.30. The van der Waals surface area contributed by atoms with Gasteiger partial charge in [0.1, 0.15) is 5.75 Å². The van der Waals surface area contributed by atoms with E-state index in [2.05, 4.69) is 11.4 Å². The van der Waals surface area contributed by atoms with Crippen LogP contribution in [0.4, 0.5) is 5.69 Å². The van der Waals surface area contributed by atoms with Crippen LogP contribution in [0.2, 0.25) is 0 Å². The van der Waals surface area contributed by atoms with Gasteiger partial charge in [0.25, 0.3) is 5.91 Å². The summed E-state index contributed by atoms with van der Waals surface area (Å²) in [5.41, 5.74) is 1.83. The quantitative estimate of drug-likeness (QED) is 0.704. The van der Waals surface area contributed by atoms with E-state index >= 15 is 0 Å². The van der Waals surface area contributed by atoms with Gasteiger partial charge in [-0.25, -0.2) is 8.42 Å². The molecule has 0 heterocycles. The summed E-state index contributed by atoms with van der Waals surface area (Å²) < 4.78 is 30.1. The molecule has 1 aliphatic rings. The van der Waals surface area contributed by atoms with E-state index in [1.807, 2.05) is 6.92 Å². The Bertz CT molecular complexity index is 741. The average molecular weight is 381 g/mol. The molecule has 6 nitrogen and oxygen atoms in total. The fraction of sp³-hybridized carbons (Fsp3) is 0.526. The van der Waals surface area contributed by atoms with E-state index in [1.165, 1.54) is 29.8 Å². The molecule has 0 spiro atoms. The summed E-state index contributed by atoms with van der Waals surface area (Å²) in [7, 11) is -1.81. The van der Waals surface area contributed by atoms with Crippen molar-refractivity contribution in [1.29, 1.82) is 0 Å². The first kappa shape index (κ1) is 20.3. The topological polar surface area (TPSA) is 75.7 Å². The summed E-state index contributed by atoms with van der Waals surface area (Å²) in [6.07, 6.45) is 7.89. The van der Waals surface area contributed by atoms with Gasteiger partial charge in [-0.05, 0) is 56.4 Å². The van der Waals surface area contributed by atoms with Gasteiger partial charge >= 0.3 is 0 Å². The molecule has 1 aliphatic carbocycles. The number of anilines is 1. The minimum Gasteiger partial charge on any atom is -0.481 e. The van der Waals surface area contributed by atoms with E-state index in [0.717, 1.165) is 19.1 Å². The van der Waals surface area contributed by atoms with Crippen molar-refractivity contribution < 1.29 is 17.9 Å². The van der Waals surface area contributed by atoms with Crippen LogP contribution >= 0.6 is 0 Å². The second-order valence-corrected chi connectivity index (χ2v) is 8.58. The van der Waals surface area contributed by atoms with Crippen molar-refractivity contribution in [3.05, 3.63) is 35.9 Å². The van der Waals surface area contributed by atoms with Gasteiger partial charge in [-0.3, -0.25) is 9.10 Å². The zero-order valence-corrected chi connectivity index (χ0v) is 16.5. The Morgan fingerprint density at radius 1 is 1.27 bits per heavy atom. The third kappa shape index (κ3) is 5.76. The molecular weight excluding hydrogens is 352 g/mol. The third-order valence-electron chi connectivity index (χ3n) is 4.51. The van der Waals surface area contributed by atoms with Gasteiger partial charge in [-0.1, -0.05) is 18.6 Å². The second-order valence-electron chi connectivity index (χ2n) is 6.57. The van der Waals surface area contributed by atoms with Crippen LogP contribution in [0, 0.1) is 0 Å². The van der Waals surface area contributed by atoms with Crippen LogP contribution in [0.1, 0.15) is 39.0 Å². The number of nitrogens with zero attached hydrogens (tertiary/aromatic N) is 1. The molecule has 1 aromatic rings. The number of amides is 1. The third-order valence-corrected chi connectivity index (χ3v) is 5.72. The Morgan fingerprint density at radius 2 is 1.96 bits per heavy atom. The lowest BCUT2D eigenvalue weighted by Crippen LogP contribution is -2.39. The van der Waals surface area contributed by atoms with Crippen LogP contribution in [-0.4, -0.2) is 40.3 Å². The van der Waals surface area contributed by atoms with Gasteiger partial charge in [0, 0.05) is 13.6 Å². The zero-order chi connectivity index (χ0) is 19.2. The molecule has 144 valence electrons. The number of rotatable bonds is 8. The van der Waals surface area contributed by atoms with Gasteiger partial charge in [0.15, 0.2) is 6.10 Å². The molecule has 0 saturated carbocycles. The van der Waals surface area contributed by atoms with Crippen LogP contribution in [0.25, 0.3) is 0 Å². The Kier molecular flexibility index (Phi) is 7.08. The van der Waals surface area contributed by atoms with Crippen LogP contribution < -0.4 is 14.4 Å². The first-order valence-corrected chi connectivity index (χ1v) is 10.8. The number of hydrogen-bond acceptors (Lipinski definition) is 4. The van der Waals surface area contributed by atoms with E-state index in [4.69, 9.17) is 4.74 Å². The molecule has 1 unspecified atom stereocenters. The number of ether oxygens (including phenoxy) is 1. The molecule has 1 aromatic carbocycles. The number of hydrogen-bond donors (Lipinski definition) is 1. The van der Waals surface area contributed by atoms with Crippen LogP contribution in [0.5, 0.6) is 5.75 Å². The molecule has 1 atom stereocenters. The minimum absolute atomic E-state index is 0.128. The van der Waals surface area contributed by atoms with E-state index in [9.17, 15) is 13.2 Å². The van der Waals surface area contributed by atoms with Gasteiger partial charge in [-0.2, -0.15) is 0 Å². The minimum atomic E-state index is -3.30. The lowest BCUT2D eigenvalue weighted by molar-refractivity contribution is -0.127. The Balaban J connectivity index is 1.94. The molecule has 26 heavy (non-hydrogen) atoms. The van der Waals surface area contributed by atoms with Crippen molar-refractivity contribution in [2.45, 2.75) is 45.1 Å². The summed E-state index contributed by atoms with van der Waals surface area (Å²) in [5, 5.41) is 2.95. The first-order chi connectivity index (χ1) is 12.3. The average Bonchev–Trinajstić information content (AvgIpc) is 2.64. The summed E-state index contributed by atoms with van der Waals surface area (Å²) in [5.74, 6) is 0.408. The molecule has 0 aliphatic heterocycles. The molecule has 7 heteroatoms. The highest BCUT2D eigenvalue weighted by Gasteiger charge is 2.19. The van der Waals surface area contributed by atoms with Crippen LogP contribution in [0.3, 0.4) is 0 Å². The molecule has 1 N–H and O–H groups in total. The van der Waals surface area contributed by atoms with Gasteiger partial charge in [0.2, 0.25) is 10.0 Å². The standard InChI is InChI=1S/C19H28N2O4S/c1-4-18(19(22)20-14-15-8-6-5-7-9-15)25-17-12-10-16(11-13-17)21(2)26(3,23)24/h8,10-13,18H,4-7,9,14H2,1-3H3,(H,20,22). The highest BCUT2D eigenvalue weighted by molar-refractivity contribution is 7.92. The highest BCUT2D eigenvalue weighted by Crippen LogP contribution is 2.22. The molecule has 1 amide bonds. The first-order valence-electron chi connectivity index (χ1n) is 8.97. The largest absolute Gasteiger partial charge is 0.481 e. The maximum absolute atomic E-state index is 12.4.